The Morgan fingerprint density at radius 1 is 1.26 bits per heavy atom. The van der Waals surface area contributed by atoms with Gasteiger partial charge in [-0.15, -0.1) is 11.3 Å². The second-order valence-corrected chi connectivity index (χ2v) is 13.3. The number of aryl methyl sites for hydroxylation is 1. The largest absolute Gasteiger partial charge is 0.378 e. The summed E-state index contributed by atoms with van der Waals surface area (Å²) in [5.74, 6) is 0.151. The van der Waals surface area contributed by atoms with Gasteiger partial charge in [-0.3, -0.25) is 9.78 Å². The van der Waals surface area contributed by atoms with Crippen LogP contribution >= 0.6 is 11.3 Å². The molecule has 39 heavy (non-hydrogen) atoms. The summed E-state index contributed by atoms with van der Waals surface area (Å²) < 4.78 is 50.0. The molecule has 1 fully saturated rings. The van der Waals surface area contributed by atoms with Crippen LogP contribution in [0.15, 0.2) is 38.5 Å². The Morgan fingerprint density at radius 2 is 2.03 bits per heavy atom. The Hall–Kier alpha value is -3.09. The number of thiazole rings is 1. The van der Waals surface area contributed by atoms with E-state index in [9.17, 15) is 17.8 Å². The number of nitrogens with one attached hydrogen (secondary N) is 1. The van der Waals surface area contributed by atoms with Crippen LogP contribution in [0.4, 0.5) is 25.8 Å². The lowest BCUT2D eigenvalue weighted by Gasteiger charge is -2.17. The second kappa shape index (κ2) is 10.8. The molecule has 2 aliphatic rings. The molecule has 1 aliphatic carbocycles. The fraction of sp³-hybridized carbons (Fsp3) is 0.407. The molecular weight excluding hydrogens is 544 g/mol. The lowest BCUT2D eigenvalue weighted by Crippen LogP contribution is -2.11. The zero-order valence-electron chi connectivity index (χ0n) is 22.1. The Bertz CT molecular complexity index is 1600. The van der Waals surface area contributed by atoms with Crippen LogP contribution in [0.2, 0.25) is 0 Å². The van der Waals surface area contributed by atoms with Gasteiger partial charge in [-0.05, 0) is 44.0 Å². The average Bonchev–Trinajstić information content (AvgIpc) is 3.56. The van der Waals surface area contributed by atoms with E-state index in [4.69, 9.17) is 4.74 Å². The molecule has 0 radical (unpaired) electrons. The van der Waals surface area contributed by atoms with Gasteiger partial charge in [0, 0.05) is 49.6 Å². The van der Waals surface area contributed by atoms with Gasteiger partial charge in [-0.25, -0.2) is 27.3 Å². The Balaban J connectivity index is 1.57. The van der Waals surface area contributed by atoms with Crippen molar-refractivity contribution in [2.75, 3.05) is 25.7 Å². The summed E-state index contributed by atoms with van der Waals surface area (Å²) in [5, 5.41) is 4.03. The normalized spacial score (nSPS) is 16.1. The van der Waals surface area contributed by atoms with E-state index >= 15 is 0 Å². The van der Waals surface area contributed by atoms with Crippen molar-refractivity contribution in [3.05, 3.63) is 46.2 Å². The van der Waals surface area contributed by atoms with Crippen LogP contribution in [0.1, 0.15) is 34.8 Å². The molecule has 12 heteroatoms. The third-order valence-electron chi connectivity index (χ3n) is 6.79. The van der Waals surface area contributed by atoms with Crippen LogP contribution in [-0.2, 0) is 38.7 Å². The van der Waals surface area contributed by atoms with Crippen LogP contribution < -0.4 is 5.32 Å². The van der Waals surface area contributed by atoms with E-state index in [0.29, 0.717) is 40.0 Å². The molecule has 2 aromatic heterocycles. The summed E-state index contributed by atoms with van der Waals surface area (Å²) in [5.41, 5.74) is 3.48. The summed E-state index contributed by atoms with van der Waals surface area (Å²) in [4.78, 5) is 27.3. The maximum Gasteiger partial charge on any atom is 0.277 e. The Morgan fingerprint density at radius 3 is 2.69 bits per heavy atom. The number of carbonyl (C=O) groups excluding carboxylic acids is 1. The zero-order valence-corrected chi connectivity index (χ0v) is 23.7. The lowest BCUT2D eigenvalue weighted by molar-refractivity contribution is -0.119. The molecule has 1 N–H and O–H groups in total. The van der Waals surface area contributed by atoms with Crippen molar-refractivity contribution in [2.24, 2.45) is 15.3 Å². The molecule has 1 atom stereocenters. The summed E-state index contributed by atoms with van der Waals surface area (Å²) >= 11 is 1.51. The molecule has 3 heterocycles. The van der Waals surface area contributed by atoms with Gasteiger partial charge in [0.15, 0.2) is 0 Å². The quantitative estimate of drug-likeness (QED) is 0.324. The molecule has 1 aliphatic heterocycles. The third kappa shape index (κ3) is 5.78. The van der Waals surface area contributed by atoms with E-state index in [1.807, 2.05) is 13.0 Å². The van der Waals surface area contributed by atoms with Crippen molar-refractivity contribution in [3.8, 4) is 10.6 Å². The SMILES string of the molecule is CN=[S@](C)(=O)c1cc(-c2nc(COC)c(C)s2)ccc1Nc1cc(CC(=O)C2CC2)nc2c1N=C(C(F)F)C2. The van der Waals surface area contributed by atoms with Crippen molar-refractivity contribution in [3.63, 3.8) is 0 Å². The molecule has 1 aromatic carbocycles. The minimum atomic E-state index is -2.82. The number of nitrogens with zero attached hydrogens (tertiary/aromatic N) is 4. The maximum absolute atomic E-state index is 13.6. The fourth-order valence-electron chi connectivity index (χ4n) is 4.43. The van der Waals surface area contributed by atoms with E-state index < -0.39 is 16.2 Å². The molecule has 0 saturated heterocycles. The number of hydrogen-bond donors (Lipinski definition) is 1. The van der Waals surface area contributed by atoms with Crippen molar-refractivity contribution >= 4 is 49.6 Å². The van der Waals surface area contributed by atoms with Gasteiger partial charge in [-0.2, -0.15) is 0 Å². The number of anilines is 2. The second-order valence-electron chi connectivity index (χ2n) is 9.73. The van der Waals surface area contributed by atoms with E-state index in [0.717, 1.165) is 34.0 Å². The van der Waals surface area contributed by atoms with Gasteiger partial charge in [0.2, 0.25) is 0 Å². The highest BCUT2D eigenvalue weighted by molar-refractivity contribution is 7.93. The molecule has 0 bridgehead atoms. The van der Waals surface area contributed by atoms with Crippen molar-refractivity contribution in [1.82, 2.24) is 9.97 Å². The molecule has 206 valence electrons. The number of aliphatic imine (C=N–C) groups is 1. The predicted molar refractivity (Wildman–Crippen MR) is 149 cm³/mol. The minimum absolute atomic E-state index is 0.0540. The number of rotatable bonds is 10. The van der Waals surface area contributed by atoms with Gasteiger partial charge in [0.1, 0.15) is 16.5 Å². The van der Waals surface area contributed by atoms with Gasteiger partial charge in [0.05, 0.1) is 55.4 Å². The molecule has 8 nitrogen and oxygen atoms in total. The van der Waals surface area contributed by atoms with Crippen LogP contribution in [0.3, 0.4) is 0 Å². The van der Waals surface area contributed by atoms with E-state index in [2.05, 4.69) is 24.6 Å². The number of halogens is 2. The first-order valence-corrected chi connectivity index (χ1v) is 15.2. The molecule has 1 saturated carbocycles. The molecule has 3 aromatic rings. The smallest absolute Gasteiger partial charge is 0.277 e. The lowest BCUT2D eigenvalue weighted by atomic mass is 10.1. The first-order valence-electron chi connectivity index (χ1n) is 12.5. The van der Waals surface area contributed by atoms with Gasteiger partial charge in [0.25, 0.3) is 6.43 Å². The minimum Gasteiger partial charge on any atom is -0.378 e. The highest BCUT2D eigenvalue weighted by atomic mass is 32.2. The van der Waals surface area contributed by atoms with E-state index in [1.165, 1.54) is 18.4 Å². The number of hydrogen-bond acceptors (Lipinski definition) is 9. The number of alkyl halides is 2. The molecular formula is C27H29F2N5O3S2. The highest BCUT2D eigenvalue weighted by Gasteiger charge is 2.31. The first kappa shape index (κ1) is 27.5. The van der Waals surface area contributed by atoms with Gasteiger partial charge in [-0.1, -0.05) is 0 Å². The van der Waals surface area contributed by atoms with Crippen LogP contribution in [0.25, 0.3) is 10.6 Å². The van der Waals surface area contributed by atoms with Crippen molar-refractivity contribution in [2.45, 2.75) is 50.5 Å². The Kier molecular flexibility index (Phi) is 7.62. The summed E-state index contributed by atoms with van der Waals surface area (Å²) in [6.07, 6.45) is 0.632. The standard InChI is InChI=1S/C27H29F2N5O3S2/c1-14-22(13-37-3)34-27(38-14)16-7-8-18(24(9-16)39(4,36)30-2)32-19-10-17(11-23(35)15-5-6-15)31-20-12-21(26(28)29)33-25(19)20/h7-10,15,26H,5-6,11-13H2,1-4H3,(H,31,32)/t39-/m1/s1. The molecule has 0 amide bonds. The van der Waals surface area contributed by atoms with E-state index in [1.54, 1.807) is 31.6 Å². The predicted octanol–water partition coefficient (Wildman–Crippen LogP) is 5.91. The van der Waals surface area contributed by atoms with Crippen LogP contribution in [-0.4, -0.2) is 52.5 Å². The zero-order chi connectivity index (χ0) is 27.9. The first-order chi connectivity index (χ1) is 18.6. The van der Waals surface area contributed by atoms with Gasteiger partial charge >= 0.3 is 0 Å². The molecule has 0 unspecified atom stereocenters. The number of pyridine rings is 1. The molecule has 0 spiro atoms. The Labute approximate surface area is 230 Å². The highest BCUT2D eigenvalue weighted by Crippen LogP contribution is 2.40. The number of benzene rings is 1. The topological polar surface area (TPSA) is 106 Å². The number of Topliss-reactive ketones (excluding diaryl/α,β-unsaturated/α-hetero) is 1. The summed E-state index contributed by atoms with van der Waals surface area (Å²) in [6, 6.07) is 7.11. The van der Waals surface area contributed by atoms with Crippen molar-refractivity contribution in [1.29, 1.82) is 0 Å². The van der Waals surface area contributed by atoms with Crippen LogP contribution in [0, 0.1) is 12.8 Å². The number of ketones is 1. The van der Waals surface area contributed by atoms with E-state index in [-0.39, 0.29) is 30.3 Å². The summed E-state index contributed by atoms with van der Waals surface area (Å²) in [6.45, 7) is 2.37. The average molecular weight is 574 g/mol. The fourth-order valence-corrected chi connectivity index (χ4v) is 6.41. The third-order valence-corrected chi connectivity index (χ3v) is 9.70. The van der Waals surface area contributed by atoms with Crippen LogP contribution in [0.5, 0.6) is 0 Å². The van der Waals surface area contributed by atoms with Gasteiger partial charge < -0.3 is 10.1 Å². The number of methoxy groups -OCH3 is 1. The number of fused-ring (bicyclic) bond motifs is 1. The maximum atomic E-state index is 13.6. The monoisotopic (exact) mass is 573 g/mol. The van der Waals surface area contributed by atoms with Crippen molar-refractivity contribution < 1.29 is 22.5 Å². The number of carbonyl (C=O) groups is 1. The molecule has 5 rings (SSSR count). The summed E-state index contributed by atoms with van der Waals surface area (Å²) in [7, 11) is 0.284. The number of ether oxygens (including phenoxy) is 1. The number of aromatic nitrogens is 2.